The van der Waals surface area contributed by atoms with Crippen LogP contribution in [0.4, 0.5) is 4.39 Å². The summed E-state index contributed by atoms with van der Waals surface area (Å²) in [6.07, 6.45) is 6.28. The summed E-state index contributed by atoms with van der Waals surface area (Å²) in [5, 5.41) is 3.71. The van der Waals surface area contributed by atoms with Crippen molar-refractivity contribution in [2.75, 3.05) is 13.1 Å². The summed E-state index contributed by atoms with van der Waals surface area (Å²) in [4.78, 5) is 0. The number of hydrogen-bond donors (Lipinski definition) is 1. The average Bonchev–Trinajstić information content (AvgIpc) is 2.42. The molecule has 1 nitrogen and oxygen atoms in total. The van der Waals surface area contributed by atoms with Crippen molar-refractivity contribution in [2.24, 2.45) is 11.8 Å². The topological polar surface area (TPSA) is 12.0 Å². The van der Waals surface area contributed by atoms with Crippen LogP contribution < -0.4 is 5.32 Å². The van der Waals surface area contributed by atoms with E-state index in [1.54, 1.807) is 6.07 Å². The molecule has 19 heavy (non-hydrogen) atoms. The first-order valence-electron chi connectivity index (χ1n) is 7.35. The number of halogens is 2. The van der Waals surface area contributed by atoms with E-state index in [9.17, 15) is 4.39 Å². The molecule has 0 spiro atoms. The molecule has 1 saturated carbocycles. The van der Waals surface area contributed by atoms with E-state index in [1.807, 2.05) is 6.07 Å². The van der Waals surface area contributed by atoms with E-state index in [2.05, 4.69) is 12.2 Å². The molecule has 106 valence electrons. The van der Waals surface area contributed by atoms with Crippen LogP contribution in [0.2, 0.25) is 5.02 Å². The molecule has 1 aliphatic rings. The van der Waals surface area contributed by atoms with Gasteiger partial charge in [0.15, 0.2) is 0 Å². The lowest BCUT2D eigenvalue weighted by Gasteiger charge is -2.32. The van der Waals surface area contributed by atoms with Crippen LogP contribution in [0.5, 0.6) is 0 Å². The molecule has 2 rings (SSSR count). The second-order valence-electron chi connectivity index (χ2n) is 5.56. The molecule has 0 heterocycles. The maximum Gasteiger partial charge on any atom is 0.141 e. The Morgan fingerprint density at radius 2 is 2.00 bits per heavy atom. The zero-order valence-corrected chi connectivity index (χ0v) is 12.3. The third-order valence-corrected chi connectivity index (χ3v) is 4.49. The third kappa shape index (κ3) is 4.19. The molecular formula is C16H23ClFN. The Labute approximate surface area is 120 Å². The quantitative estimate of drug-likeness (QED) is 0.842. The van der Waals surface area contributed by atoms with Gasteiger partial charge < -0.3 is 5.32 Å². The molecule has 2 atom stereocenters. The van der Waals surface area contributed by atoms with Gasteiger partial charge in [0.1, 0.15) is 5.82 Å². The average molecular weight is 284 g/mol. The molecule has 1 aromatic carbocycles. The fraction of sp³-hybridized carbons (Fsp3) is 0.625. The minimum absolute atomic E-state index is 0.247. The van der Waals surface area contributed by atoms with Crippen molar-refractivity contribution in [2.45, 2.75) is 39.0 Å². The van der Waals surface area contributed by atoms with Gasteiger partial charge in [-0.1, -0.05) is 37.4 Å². The van der Waals surface area contributed by atoms with Crippen LogP contribution in [-0.4, -0.2) is 13.1 Å². The molecule has 3 heteroatoms. The van der Waals surface area contributed by atoms with Gasteiger partial charge in [-0.05, 0) is 61.9 Å². The maximum absolute atomic E-state index is 13.2. The van der Waals surface area contributed by atoms with E-state index in [1.165, 1.54) is 37.3 Å². The summed E-state index contributed by atoms with van der Waals surface area (Å²) >= 11 is 5.86. The summed E-state index contributed by atoms with van der Waals surface area (Å²) in [5.41, 5.74) is 1.17. The first-order valence-corrected chi connectivity index (χ1v) is 7.73. The molecule has 0 bridgehead atoms. The van der Waals surface area contributed by atoms with E-state index in [-0.39, 0.29) is 10.8 Å². The summed E-state index contributed by atoms with van der Waals surface area (Å²) in [7, 11) is 0. The van der Waals surface area contributed by atoms with Crippen LogP contribution in [0.3, 0.4) is 0 Å². The molecule has 1 fully saturated rings. The predicted octanol–water partition coefficient (Wildman–Crippen LogP) is 4.44. The molecule has 0 amide bonds. The highest BCUT2D eigenvalue weighted by Gasteiger charge is 2.24. The van der Waals surface area contributed by atoms with Gasteiger partial charge in [-0.2, -0.15) is 0 Å². The molecule has 0 saturated heterocycles. The van der Waals surface area contributed by atoms with Gasteiger partial charge >= 0.3 is 0 Å². The van der Waals surface area contributed by atoms with Crippen molar-refractivity contribution in [3.63, 3.8) is 0 Å². The normalized spacial score (nSPS) is 23.5. The molecule has 1 aliphatic carbocycles. The van der Waals surface area contributed by atoms with Crippen molar-refractivity contribution in [1.29, 1.82) is 0 Å². The van der Waals surface area contributed by atoms with E-state index in [4.69, 9.17) is 11.6 Å². The molecule has 2 unspecified atom stereocenters. The fourth-order valence-electron chi connectivity index (χ4n) is 3.12. The molecule has 1 N–H and O–H groups in total. The SMILES string of the molecule is CCNCC1CCCCC1Cc1ccc(F)c(Cl)c1. The number of nitrogens with one attached hydrogen (secondary N) is 1. The molecular weight excluding hydrogens is 261 g/mol. The van der Waals surface area contributed by atoms with Crippen LogP contribution >= 0.6 is 11.6 Å². The third-order valence-electron chi connectivity index (χ3n) is 4.20. The number of hydrogen-bond acceptors (Lipinski definition) is 1. The first-order chi connectivity index (χ1) is 9.20. The Bertz CT molecular complexity index is 408. The highest BCUT2D eigenvalue weighted by Crippen LogP contribution is 2.32. The Morgan fingerprint density at radius 1 is 1.26 bits per heavy atom. The number of benzene rings is 1. The van der Waals surface area contributed by atoms with Crippen molar-refractivity contribution < 1.29 is 4.39 Å². The molecule has 0 aromatic heterocycles. The van der Waals surface area contributed by atoms with Crippen LogP contribution in [0.1, 0.15) is 38.2 Å². The van der Waals surface area contributed by atoms with Crippen molar-refractivity contribution in [3.8, 4) is 0 Å². The lowest BCUT2D eigenvalue weighted by molar-refractivity contribution is 0.229. The zero-order valence-electron chi connectivity index (χ0n) is 11.6. The van der Waals surface area contributed by atoms with Gasteiger partial charge in [0, 0.05) is 0 Å². The lowest BCUT2D eigenvalue weighted by atomic mass is 9.76. The first kappa shape index (κ1) is 14.8. The Hall–Kier alpha value is -0.600. The molecule has 0 radical (unpaired) electrons. The second-order valence-corrected chi connectivity index (χ2v) is 5.97. The van der Waals surface area contributed by atoms with Crippen LogP contribution in [0.15, 0.2) is 18.2 Å². The van der Waals surface area contributed by atoms with Crippen LogP contribution in [-0.2, 0) is 6.42 Å². The van der Waals surface area contributed by atoms with Gasteiger partial charge in [0.25, 0.3) is 0 Å². The monoisotopic (exact) mass is 283 g/mol. The summed E-state index contributed by atoms with van der Waals surface area (Å²) < 4.78 is 13.2. The lowest BCUT2D eigenvalue weighted by Crippen LogP contribution is -2.31. The minimum atomic E-state index is -0.321. The Morgan fingerprint density at radius 3 is 2.68 bits per heavy atom. The maximum atomic E-state index is 13.2. The van der Waals surface area contributed by atoms with Gasteiger partial charge in [0.05, 0.1) is 5.02 Å². The minimum Gasteiger partial charge on any atom is -0.317 e. The van der Waals surface area contributed by atoms with Crippen molar-refractivity contribution in [1.82, 2.24) is 5.32 Å². The second kappa shape index (κ2) is 7.25. The standard InChI is InChI=1S/C16H23ClFN/c1-2-19-11-14-6-4-3-5-13(14)9-12-7-8-16(18)15(17)10-12/h7-8,10,13-14,19H,2-6,9,11H2,1H3. The highest BCUT2D eigenvalue weighted by molar-refractivity contribution is 6.30. The van der Waals surface area contributed by atoms with E-state index in [0.29, 0.717) is 5.92 Å². The predicted molar refractivity (Wildman–Crippen MR) is 79.1 cm³/mol. The van der Waals surface area contributed by atoms with Gasteiger partial charge in [0.2, 0.25) is 0 Å². The zero-order chi connectivity index (χ0) is 13.7. The van der Waals surface area contributed by atoms with E-state index < -0.39 is 0 Å². The van der Waals surface area contributed by atoms with Gasteiger partial charge in [-0.25, -0.2) is 4.39 Å². The molecule has 1 aromatic rings. The summed E-state index contributed by atoms with van der Waals surface area (Å²) in [6.45, 7) is 4.29. The Kier molecular flexibility index (Phi) is 5.65. The van der Waals surface area contributed by atoms with Crippen molar-refractivity contribution >= 4 is 11.6 Å². The largest absolute Gasteiger partial charge is 0.317 e. The summed E-state index contributed by atoms with van der Waals surface area (Å²) in [5.74, 6) is 1.13. The summed E-state index contributed by atoms with van der Waals surface area (Å²) in [6, 6.07) is 5.15. The van der Waals surface area contributed by atoms with Crippen LogP contribution in [0, 0.1) is 17.7 Å². The van der Waals surface area contributed by atoms with Crippen LogP contribution in [0.25, 0.3) is 0 Å². The van der Waals surface area contributed by atoms with Gasteiger partial charge in [-0.3, -0.25) is 0 Å². The van der Waals surface area contributed by atoms with E-state index >= 15 is 0 Å². The molecule has 0 aliphatic heterocycles. The Balaban J connectivity index is 1.99. The number of rotatable bonds is 5. The fourth-order valence-corrected chi connectivity index (χ4v) is 3.32. The van der Waals surface area contributed by atoms with E-state index in [0.717, 1.165) is 25.4 Å². The van der Waals surface area contributed by atoms with Crippen molar-refractivity contribution in [3.05, 3.63) is 34.6 Å². The van der Waals surface area contributed by atoms with Gasteiger partial charge in [-0.15, -0.1) is 0 Å². The highest BCUT2D eigenvalue weighted by atomic mass is 35.5. The smallest absolute Gasteiger partial charge is 0.141 e.